The summed E-state index contributed by atoms with van der Waals surface area (Å²) < 4.78 is 12.3. The van der Waals surface area contributed by atoms with Crippen LogP contribution in [0.1, 0.15) is 24.5 Å². The summed E-state index contributed by atoms with van der Waals surface area (Å²) in [6.07, 6.45) is 4.60. The smallest absolute Gasteiger partial charge is 0.166 e. The van der Waals surface area contributed by atoms with Crippen molar-refractivity contribution in [1.29, 1.82) is 0 Å². The predicted octanol–water partition coefficient (Wildman–Crippen LogP) is 3.93. The lowest BCUT2D eigenvalue weighted by Gasteiger charge is -2.17. The molecule has 0 aliphatic rings. The summed E-state index contributed by atoms with van der Waals surface area (Å²) in [7, 11) is 1.66. The first-order valence-corrected chi connectivity index (χ1v) is 8.13. The lowest BCUT2D eigenvalue weighted by atomic mass is 10.1. The molecule has 0 saturated heterocycles. The molecule has 1 aromatic heterocycles. The summed E-state index contributed by atoms with van der Waals surface area (Å²) in [5.74, 6) is 1.56. The summed E-state index contributed by atoms with van der Waals surface area (Å²) in [6, 6.07) is 7.89. The van der Waals surface area contributed by atoms with E-state index < -0.39 is 0 Å². The van der Waals surface area contributed by atoms with Crippen LogP contribution in [-0.2, 0) is 13.1 Å². The second kappa shape index (κ2) is 8.76. The molecule has 1 N–H and O–H groups in total. The van der Waals surface area contributed by atoms with E-state index in [2.05, 4.69) is 39.2 Å². The molecule has 5 heteroatoms. The molecule has 2 rings (SSSR count). The van der Waals surface area contributed by atoms with Crippen LogP contribution in [0.25, 0.3) is 0 Å². The molecule has 1 heterocycles. The van der Waals surface area contributed by atoms with Crippen LogP contribution in [0.5, 0.6) is 11.5 Å². The zero-order chi connectivity index (χ0) is 15.8. The summed E-state index contributed by atoms with van der Waals surface area (Å²) in [5, 5.41) is 3.42. The van der Waals surface area contributed by atoms with Gasteiger partial charge in [-0.15, -0.1) is 0 Å². The van der Waals surface area contributed by atoms with Crippen LogP contribution in [-0.4, -0.2) is 18.7 Å². The van der Waals surface area contributed by atoms with Gasteiger partial charge < -0.3 is 14.8 Å². The monoisotopic (exact) mass is 364 g/mol. The molecular weight excluding hydrogens is 344 g/mol. The first-order valence-electron chi connectivity index (χ1n) is 7.34. The van der Waals surface area contributed by atoms with Crippen molar-refractivity contribution in [2.75, 3.05) is 13.7 Å². The van der Waals surface area contributed by atoms with Crippen LogP contribution in [0.4, 0.5) is 0 Å². The third-order valence-electron chi connectivity index (χ3n) is 3.19. The van der Waals surface area contributed by atoms with Crippen LogP contribution >= 0.6 is 15.9 Å². The quantitative estimate of drug-likeness (QED) is 0.770. The molecule has 4 nitrogen and oxygen atoms in total. The van der Waals surface area contributed by atoms with Crippen molar-refractivity contribution in [3.63, 3.8) is 0 Å². The molecule has 0 bridgehead atoms. The Balaban J connectivity index is 2.10. The molecular formula is C17H21BrN2O2. The maximum atomic E-state index is 5.88. The maximum absolute atomic E-state index is 5.88. The van der Waals surface area contributed by atoms with Gasteiger partial charge in [-0.2, -0.15) is 0 Å². The van der Waals surface area contributed by atoms with Gasteiger partial charge in [0, 0.05) is 35.5 Å². The average molecular weight is 365 g/mol. The zero-order valence-corrected chi connectivity index (χ0v) is 14.5. The molecule has 1 aromatic carbocycles. The Labute approximate surface area is 140 Å². The Morgan fingerprint density at radius 1 is 1.23 bits per heavy atom. The molecule has 0 unspecified atom stereocenters. The number of nitrogens with one attached hydrogen (secondary N) is 1. The van der Waals surface area contributed by atoms with E-state index in [0.29, 0.717) is 13.2 Å². The third-order valence-corrected chi connectivity index (χ3v) is 3.93. The number of aromatic nitrogens is 1. The predicted molar refractivity (Wildman–Crippen MR) is 91.3 cm³/mol. The highest BCUT2D eigenvalue weighted by Gasteiger charge is 2.14. The topological polar surface area (TPSA) is 43.4 Å². The Morgan fingerprint density at radius 2 is 2.09 bits per heavy atom. The van der Waals surface area contributed by atoms with Gasteiger partial charge in [0.15, 0.2) is 11.5 Å². The van der Waals surface area contributed by atoms with Crippen molar-refractivity contribution in [3.8, 4) is 11.5 Å². The maximum Gasteiger partial charge on any atom is 0.166 e. The van der Waals surface area contributed by atoms with Gasteiger partial charge in [0.2, 0.25) is 0 Å². The van der Waals surface area contributed by atoms with Gasteiger partial charge in [-0.3, -0.25) is 4.98 Å². The summed E-state index contributed by atoms with van der Waals surface area (Å²) >= 11 is 3.60. The van der Waals surface area contributed by atoms with Gasteiger partial charge in [-0.1, -0.05) is 28.9 Å². The van der Waals surface area contributed by atoms with E-state index in [9.17, 15) is 0 Å². The molecule has 0 saturated carbocycles. The van der Waals surface area contributed by atoms with Crippen molar-refractivity contribution < 1.29 is 9.47 Å². The van der Waals surface area contributed by atoms with E-state index >= 15 is 0 Å². The Kier molecular flexibility index (Phi) is 6.68. The van der Waals surface area contributed by atoms with Gasteiger partial charge in [0.25, 0.3) is 0 Å². The molecule has 0 atom stereocenters. The number of methoxy groups -OCH3 is 1. The van der Waals surface area contributed by atoms with Crippen LogP contribution in [0.15, 0.2) is 41.1 Å². The lowest BCUT2D eigenvalue weighted by molar-refractivity contribution is 0.290. The normalized spacial score (nSPS) is 10.5. The van der Waals surface area contributed by atoms with Crippen LogP contribution in [0, 0.1) is 0 Å². The van der Waals surface area contributed by atoms with Crippen molar-refractivity contribution in [2.45, 2.75) is 26.4 Å². The van der Waals surface area contributed by atoms with Crippen molar-refractivity contribution >= 4 is 15.9 Å². The summed E-state index contributed by atoms with van der Waals surface area (Å²) in [4.78, 5) is 4.12. The minimum atomic E-state index is 0.669. The zero-order valence-electron chi connectivity index (χ0n) is 12.9. The molecule has 2 aromatic rings. The van der Waals surface area contributed by atoms with Crippen molar-refractivity contribution in [3.05, 3.63) is 52.3 Å². The molecule has 118 valence electrons. The van der Waals surface area contributed by atoms with Crippen LogP contribution in [0.2, 0.25) is 0 Å². The largest absolute Gasteiger partial charge is 0.493 e. The first-order chi connectivity index (χ1) is 10.8. The highest BCUT2D eigenvalue weighted by molar-refractivity contribution is 9.10. The van der Waals surface area contributed by atoms with Crippen molar-refractivity contribution in [1.82, 2.24) is 10.3 Å². The number of ether oxygens (including phenoxy) is 2. The molecule has 0 aliphatic heterocycles. The van der Waals surface area contributed by atoms with Gasteiger partial charge in [0.05, 0.1) is 13.7 Å². The van der Waals surface area contributed by atoms with E-state index in [1.165, 1.54) is 0 Å². The number of pyridine rings is 1. The van der Waals surface area contributed by atoms with E-state index in [4.69, 9.17) is 9.47 Å². The van der Waals surface area contributed by atoms with Crippen LogP contribution < -0.4 is 14.8 Å². The Bertz CT molecular complexity index is 591. The highest BCUT2D eigenvalue weighted by atomic mass is 79.9. The minimum Gasteiger partial charge on any atom is -0.493 e. The second-order valence-corrected chi connectivity index (χ2v) is 5.72. The fraction of sp³-hybridized carbons (Fsp3) is 0.353. The summed E-state index contributed by atoms with van der Waals surface area (Å²) in [6.45, 7) is 4.20. The molecule has 0 spiro atoms. The number of nitrogens with zero attached hydrogens (tertiary/aromatic N) is 1. The number of hydrogen-bond donors (Lipinski definition) is 1. The Morgan fingerprint density at radius 3 is 2.77 bits per heavy atom. The minimum absolute atomic E-state index is 0.669. The standard InChI is InChI=1S/C17H21BrN2O2/c1-3-9-22-17-14(15(18)6-7-16(17)21-2)12-20-11-13-5-4-8-19-10-13/h4-8,10,20H,3,9,11-12H2,1-2H3. The van der Waals surface area contributed by atoms with Crippen molar-refractivity contribution in [2.24, 2.45) is 0 Å². The van der Waals surface area contributed by atoms with Crippen LogP contribution in [0.3, 0.4) is 0 Å². The molecule has 0 radical (unpaired) electrons. The van der Waals surface area contributed by atoms with E-state index in [1.807, 2.05) is 24.4 Å². The van der Waals surface area contributed by atoms with E-state index in [-0.39, 0.29) is 0 Å². The Hall–Kier alpha value is -1.59. The number of halogens is 1. The average Bonchev–Trinajstić information content (AvgIpc) is 2.56. The molecule has 0 fully saturated rings. The lowest BCUT2D eigenvalue weighted by Crippen LogP contribution is -2.15. The molecule has 0 aliphatic carbocycles. The number of benzene rings is 1. The van der Waals surface area contributed by atoms with Gasteiger partial charge in [-0.25, -0.2) is 0 Å². The van der Waals surface area contributed by atoms with Gasteiger partial charge in [0.1, 0.15) is 0 Å². The molecule has 0 amide bonds. The highest BCUT2D eigenvalue weighted by Crippen LogP contribution is 2.36. The molecule has 22 heavy (non-hydrogen) atoms. The number of rotatable bonds is 8. The van der Waals surface area contributed by atoms with Gasteiger partial charge in [-0.05, 0) is 30.2 Å². The van der Waals surface area contributed by atoms with E-state index in [0.717, 1.165) is 40.1 Å². The second-order valence-electron chi connectivity index (χ2n) is 4.87. The first kappa shape index (κ1) is 16.8. The fourth-order valence-corrected chi connectivity index (χ4v) is 2.56. The fourth-order valence-electron chi connectivity index (χ4n) is 2.10. The van der Waals surface area contributed by atoms with E-state index in [1.54, 1.807) is 13.3 Å². The van der Waals surface area contributed by atoms with Gasteiger partial charge >= 0.3 is 0 Å². The third kappa shape index (κ3) is 4.45. The SMILES string of the molecule is CCCOc1c(OC)ccc(Br)c1CNCc1cccnc1. The summed E-state index contributed by atoms with van der Waals surface area (Å²) in [5.41, 5.74) is 2.22. The number of hydrogen-bond acceptors (Lipinski definition) is 4.